The molecule has 6 heterocycles. The lowest BCUT2D eigenvalue weighted by Crippen LogP contribution is -2.64. The third-order valence-electron chi connectivity index (χ3n) is 19.2. The Morgan fingerprint density at radius 1 is 0.823 bits per heavy atom. The number of benzene rings is 3. The van der Waals surface area contributed by atoms with E-state index >= 15 is 0 Å². The van der Waals surface area contributed by atoms with Gasteiger partial charge in [0.1, 0.15) is 36.5 Å². The largest absolute Gasteiger partial charge is 0.479 e. The number of thiazole rings is 1. The van der Waals surface area contributed by atoms with Crippen molar-refractivity contribution in [3.63, 3.8) is 0 Å². The first-order valence-corrected chi connectivity index (χ1v) is 32.7. The molecule has 1 saturated heterocycles. The van der Waals surface area contributed by atoms with E-state index in [1.807, 2.05) is 59.0 Å². The minimum atomic E-state index is -1.99. The van der Waals surface area contributed by atoms with Crippen LogP contribution in [-0.4, -0.2) is 179 Å². The van der Waals surface area contributed by atoms with E-state index in [1.165, 1.54) is 34.4 Å². The van der Waals surface area contributed by atoms with Gasteiger partial charge in [-0.05, 0) is 134 Å². The Balaban J connectivity index is 0.671. The Hall–Kier alpha value is -9.19. The summed E-state index contributed by atoms with van der Waals surface area (Å²) in [6.45, 7) is 8.11. The van der Waals surface area contributed by atoms with Gasteiger partial charge in [0.05, 0.1) is 34.3 Å². The Morgan fingerprint density at radius 2 is 1.58 bits per heavy atom. The summed E-state index contributed by atoms with van der Waals surface area (Å²) in [5, 5.41) is 65.5. The molecule has 6 aromatic rings. The lowest BCUT2D eigenvalue weighted by atomic mass is 9.39. The molecular weight excluding hydrogens is 1260 g/mol. The van der Waals surface area contributed by atoms with E-state index in [4.69, 9.17) is 29.0 Å². The molecule has 5 fully saturated rings. The average molecular weight is 1340 g/mol. The number of para-hydroxylation sites is 1. The van der Waals surface area contributed by atoms with Gasteiger partial charge in [-0.1, -0.05) is 55.5 Å². The van der Waals surface area contributed by atoms with Gasteiger partial charge >= 0.3 is 18.0 Å². The Morgan fingerprint density at radius 3 is 2.32 bits per heavy atom. The third kappa shape index (κ3) is 14.1. The average Bonchev–Trinajstić information content (AvgIpc) is 0.710. The van der Waals surface area contributed by atoms with Gasteiger partial charge in [0.2, 0.25) is 18.1 Å². The number of rotatable bonds is 24. The van der Waals surface area contributed by atoms with E-state index < -0.39 is 78.0 Å². The van der Waals surface area contributed by atoms with Crippen LogP contribution in [0.1, 0.15) is 115 Å². The van der Waals surface area contributed by atoms with Crippen LogP contribution in [0.4, 0.5) is 21.4 Å². The molecule has 4 aliphatic carbocycles. The normalized spacial score (nSPS) is 25.6. The summed E-state index contributed by atoms with van der Waals surface area (Å²) in [4.78, 5) is 116. The van der Waals surface area contributed by atoms with Crippen molar-refractivity contribution in [3.8, 4) is 16.9 Å². The quantitative estimate of drug-likeness (QED) is 0.0313. The van der Waals surface area contributed by atoms with Gasteiger partial charge in [0.15, 0.2) is 16.9 Å². The van der Waals surface area contributed by atoms with Crippen LogP contribution in [0.25, 0.3) is 21.3 Å². The molecule has 3 aromatic heterocycles. The molecule has 3 aliphatic heterocycles. The number of aliphatic carboxylic acids is 1. The summed E-state index contributed by atoms with van der Waals surface area (Å²) in [6.07, 6.45) is -0.510. The number of aromatic carboxylic acids is 1. The molecule has 4 saturated carbocycles. The van der Waals surface area contributed by atoms with Crippen molar-refractivity contribution < 1.29 is 82.8 Å². The van der Waals surface area contributed by atoms with Crippen LogP contribution in [0.5, 0.6) is 5.75 Å². The Kier molecular flexibility index (Phi) is 18.6. The fourth-order valence-corrected chi connectivity index (χ4v) is 16.8. The van der Waals surface area contributed by atoms with Crippen LogP contribution in [0, 0.1) is 23.2 Å². The second kappa shape index (κ2) is 26.8. The number of aliphatic hydroxyl groups is 3. The molecule has 0 spiro atoms. The van der Waals surface area contributed by atoms with Crippen LogP contribution < -0.4 is 25.6 Å². The molecule has 27 nitrogen and oxygen atoms in total. The van der Waals surface area contributed by atoms with Gasteiger partial charge in [-0.2, -0.15) is 5.10 Å². The van der Waals surface area contributed by atoms with Crippen molar-refractivity contribution in [1.29, 1.82) is 0 Å². The number of carboxylic acids is 2. The van der Waals surface area contributed by atoms with E-state index in [2.05, 4.69) is 34.8 Å². The standard InChI is InChI=1S/C68H76N10O17S/c1-38-43(41-15-17-49(73-54(41)60(87)88)76-24-21-40-9-7-10-42(44(40)29-76)59(86)74-63-72-45-11-5-6-12-48(45)96-63)28-70-78(38)37-67-32-65(2)31-66(3,33-67)35-68(34-65,36-67)93-26-25-75(4)64(91)92-30-39-14-16-47(94-62-57(85)55(83)56(84)58(95-62)61(89)90)46(27-39)71-51(80)20-22-69-50(79)13-8-23-77-52(81)18-19-53(77)82/h5-7,9-12,14-19,27-28,55-58,62,83-85H,8,13,20-26,29-37H2,1-4H3,(H,69,79)(H,71,80)(H,87,88)(H,89,90)(H,72,74,86)/t55-,56-,57+,58-,62?,65?,66?,67?,68?/m0/s1. The van der Waals surface area contributed by atoms with Crippen LogP contribution in [0.15, 0.2) is 91.1 Å². The van der Waals surface area contributed by atoms with Crippen LogP contribution >= 0.6 is 11.3 Å². The van der Waals surface area contributed by atoms with Crippen molar-refractivity contribution in [2.75, 3.05) is 55.4 Å². The number of carbonyl (C=O) groups is 8. The molecule has 13 rings (SSSR count). The number of ether oxygens (including phenoxy) is 4. The minimum absolute atomic E-state index is 0.0332. The first-order chi connectivity index (χ1) is 45.8. The predicted octanol–water partition coefficient (Wildman–Crippen LogP) is 6.20. The first kappa shape index (κ1) is 66.8. The molecule has 0 radical (unpaired) electrons. The van der Waals surface area contributed by atoms with Gasteiger partial charge in [-0.3, -0.25) is 38.9 Å². The molecule has 3 aromatic carbocycles. The molecule has 506 valence electrons. The Bertz CT molecular complexity index is 4050. The molecule has 28 heteroatoms. The summed E-state index contributed by atoms with van der Waals surface area (Å²) < 4.78 is 26.8. The van der Waals surface area contributed by atoms with E-state index in [0.717, 1.165) is 82.6 Å². The highest BCUT2D eigenvalue weighted by molar-refractivity contribution is 7.22. The maximum Gasteiger partial charge on any atom is 0.409 e. The molecule has 8 N–H and O–H groups in total. The molecule has 3 unspecified atom stereocenters. The number of carboxylic acid groups (broad SMARTS) is 2. The van der Waals surface area contributed by atoms with Crippen molar-refractivity contribution >= 4 is 85.8 Å². The smallest absolute Gasteiger partial charge is 0.409 e. The zero-order valence-corrected chi connectivity index (χ0v) is 54.3. The number of imide groups is 1. The molecule has 7 atom stereocenters. The topological polar surface area (TPSA) is 364 Å². The number of hydrogen-bond donors (Lipinski definition) is 8. The van der Waals surface area contributed by atoms with Gasteiger partial charge in [-0.25, -0.2) is 24.4 Å². The Labute approximate surface area is 555 Å². The number of fused-ring (bicyclic) bond motifs is 2. The minimum Gasteiger partial charge on any atom is -0.479 e. The predicted molar refractivity (Wildman–Crippen MR) is 347 cm³/mol. The van der Waals surface area contributed by atoms with Crippen molar-refractivity contribution in [3.05, 3.63) is 125 Å². The number of likely N-dealkylation sites (N-methyl/N-ethyl adjacent to an activating group) is 1. The van der Waals surface area contributed by atoms with Crippen LogP contribution in [0.2, 0.25) is 0 Å². The second-order valence-corrected chi connectivity index (χ2v) is 28.0. The van der Waals surface area contributed by atoms with Gasteiger partial charge in [0.25, 0.3) is 17.7 Å². The first-order valence-electron chi connectivity index (χ1n) is 31.9. The third-order valence-corrected chi connectivity index (χ3v) is 20.2. The van der Waals surface area contributed by atoms with Crippen LogP contribution in [0.3, 0.4) is 0 Å². The number of hydrogen-bond acceptors (Lipinski definition) is 20. The molecule has 7 aliphatic rings. The number of pyridine rings is 1. The number of nitrogens with zero attached hydrogens (tertiary/aromatic N) is 7. The van der Waals surface area contributed by atoms with Crippen LogP contribution in [-0.2, 0) is 64.3 Å². The number of aliphatic hydroxyl groups excluding tert-OH is 3. The van der Waals surface area contributed by atoms with Gasteiger partial charge in [0, 0.05) is 93.7 Å². The summed E-state index contributed by atoms with van der Waals surface area (Å²) in [7, 11) is 1.59. The monoisotopic (exact) mass is 1340 g/mol. The van der Waals surface area contributed by atoms with E-state index in [0.29, 0.717) is 59.3 Å². The van der Waals surface area contributed by atoms with Crippen molar-refractivity contribution in [2.45, 2.75) is 141 Å². The molecule has 4 bridgehead atoms. The fraction of sp³-hybridized carbons (Fsp3) is 0.456. The second-order valence-electron chi connectivity index (χ2n) is 27.0. The lowest BCUT2D eigenvalue weighted by Gasteiger charge is -2.69. The highest BCUT2D eigenvalue weighted by Gasteiger charge is 2.66. The van der Waals surface area contributed by atoms with E-state index in [1.54, 1.807) is 25.4 Å². The number of carbonyl (C=O) groups excluding carboxylic acids is 6. The summed E-state index contributed by atoms with van der Waals surface area (Å²) in [5.74, 6) is -4.78. The number of nitrogens with one attached hydrogen (secondary N) is 3. The maximum absolute atomic E-state index is 13.8. The number of amides is 6. The fourth-order valence-electron chi connectivity index (χ4n) is 16.0. The zero-order chi connectivity index (χ0) is 68.0. The molecular formula is C68H76N10O17S. The summed E-state index contributed by atoms with van der Waals surface area (Å²) in [5.41, 5.74) is 4.50. The van der Waals surface area contributed by atoms with Crippen molar-refractivity contribution in [1.82, 2.24) is 34.9 Å². The summed E-state index contributed by atoms with van der Waals surface area (Å²) in [6, 6.07) is 21.2. The zero-order valence-electron chi connectivity index (χ0n) is 53.4. The number of aromatic nitrogens is 4. The van der Waals surface area contributed by atoms with E-state index in [-0.39, 0.29) is 91.4 Å². The lowest BCUT2D eigenvalue weighted by molar-refractivity contribution is -0.271. The van der Waals surface area contributed by atoms with E-state index in [9.17, 15) is 63.9 Å². The molecule has 96 heavy (non-hydrogen) atoms. The summed E-state index contributed by atoms with van der Waals surface area (Å²) >= 11 is 1.40. The highest BCUT2D eigenvalue weighted by Crippen LogP contribution is 2.72. The maximum atomic E-state index is 13.8. The SMILES string of the molecule is Cc1c(-c2ccc(N3CCc4cccc(C(=O)Nc5nc6ccccc6s5)c4C3)nc2C(=O)O)cnn1CC12CC3(C)CC(C)(C1)CC(OCCN(C)C(=O)OCc1ccc(OC4O[C@H](C(=O)O)[C@@H](O)[C@H](O)[C@H]4O)c(NC(=O)CCNC(=O)CCCN4C(=O)C=CC4=O)c1)(C3)C2. The van der Waals surface area contributed by atoms with Gasteiger partial charge < -0.3 is 64.9 Å². The highest BCUT2D eigenvalue weighted by atomic mass is 32.1. The number of anilines is 3. The van der Waals surface area contributed by atoms with Gasteiger partial charge in [-0.15, -0.1) is 0 Å². The van der Waals surface area contributed by atoms with Crippen molar-refractivity contribution in [2.24, 2.45) is 16.2 Å². The molecule has 6 amide bonds.